The Morgan fingerprint density at radius 2 is 2.12 bits per heavy atom. The molecule has 0 fully saturated rings. The summed E-state index contributed by atoms with van der Waals surface area (Å²) in [6.45, 7) is 4.34. The van der Waals surface area contributed by atoms with Crippen LogP contribution in [0.4, 0.5) is 0 Å². The molecule has 4 heteroatoms. The lowest BCUT2D eigenvalue weighted by atomic mass is 10.1. The molecule has 4 nitrogen and oxygen atoms in total. The van der Waals surface area contributed by atoms with Crippen LogP contribution in [0, 0.1) is 0 Å². The Bertz CT molecular complexity index is 323. The molecule has 0 saturated carbocycles. The van der Waals surface area contributed by atoms with Crippen molar-refractivity contribution in [2.45, 2.75) is 20.0 Å². The summed E-state index contributed by atoms with van der Waals surface area (Å²) in [6, 6.07) is 5.31. The van der Waals surface area contributed by atoms with Crippen LogP contribution >= 0.6 is 0 Å². The summed E-state index contributed by atoms with van der Waals surface area (Å²) in [5.41, 5.74) is 0.723. The van der Waals surface area contributed by atoms with Crippen molar-refractivity contribution in [1.82, 2.24) is 0 Å². The molecule has 1 aromatic carbocycles. The fourth-order valence-electron chi connectivity index (χ4n) is 1.30. The fraction of sp³-hybridized carbons (Fsp3) is 0.500. The SMILES string of the molecule is CCOCOc1cc(OC)ccc1C(C)O. The minimum Gasteiger partial charge on any atom is -0.497 e. The van der Waals surface area contributed by atoms with Crippen LogP contribution < -0.4 is 9.47 Å². The molecule has 0 spiro atoms. The van der Waals surface area contributed by atoms with E-state index in [4.69, 9.17) is 14.2 Å². The lowest BCUT2D eigenvalue weighted by Gasteiger charge is -2.14. The van der Waals surface area contributed by atoms with Gasteiger partial charge in [-0.15, -0.1) is 0 Å². The number of aliphatic hydroxyl groups excluding tert-OH is 1. The van der Waals surface area contributed by atoms with Crippen LogP contribution in [0.15, 0.2) is 18.2 Å². The van der Waals surface area contributed by atoms with E-state index in [2.05, 4.69) is 0 Å². The topological polar surface area (TPSA) is 47.9 Å². The summed E-state index contributed by atoms with van der Waals surface area (Å²) in [7, 11) is 1.59. The van der Waals surface area contributed by atoms with E-state index in [1.165, 1.54) is 0 Å². The van der Waals surface area contributed by atoms with Crippen molar-refractivity contribution in [1.29, 1.82) is 0 Å². The van der Waals surface area contributed by atoms with E-state index in [-0.39, 0.29) is 6.79 Å². The van der Waals surface area contributed by atoms with Gasteiger partial charge in [-0.3, -0.25) is 0 Å². The Labute approximate surface area is 95.8 Å². The van der Waals surface area contributed by atoms with Gasteiger partial charge in [-0.1, -0.05) is 0 Å². The van der Waals surface area contributed by atoms with Crippen molar-refractivity contribution in [3.05, 3.63) is 23.8 Å². The molecule has 1 N–H and O–H groups in total. The van der Waals surface area contributed by atoms with Crippen LogP contribution in [0.2, 0.25) is 0 Å². The zero-order chi connectivity index (χ0) is 12.0. The van der Waals surface area contributed by atoms with Gasteiger partial charge in [-0.25, -0.2) is 0 Å². The van der Waals surface area contributed by atoms with Gasteiger partial charge < -0.3 is 19.3 Å². The van der Waals surface area contributed by atoms with Gasteiger partial charge in [-0.05, 0) is 26.0 Å². The zero-order valence-electron chi connectivity index (χ0n) is 9.90. The van der Waals surface area contributed by atoms with E-state index in [1.807, 2.05) is 6.92 Å². The Hall–Kier alpha value is -1.26. The van der Waals surface area contributed by atoms with Crippen LogP contribution in [-0.4, -0.2) is 25.6 Å². The summed E-state index contributed by atoms with van der Waals surface area (Å²) in [5, 5.41) is 9.56. The summed E-state index contributed by atoms with van der Waals surface area (Å²) >= 11 is 0. The molecule has 1 aromatic rings. The molecule has 1 atom stereocenters. The molecule has 0 amide bonds. The average molecular weight is 226 g/mol. The number of hydrogen-bond acceptors (Lipinski definition) is 4. The smallest absolute Gasteiger partial charge is 0.189 e. The number of aliphatic hydroxyl groups is 1. The number of hydrogen-bond donors (Lipinski definition) is 1. The van der Waals surface area contributed by atoms with Crippen molar-refractivity contribution >= 4 is 0 Å². The van der Waals surface area contributed by atoms with Crippen LogP contribution in [0.3, 0.4) is 0 Å². The van der Waals surface area contributed by atoms with Gasteiger partial charge in [0, 0.05) is 18.2 Å². The zero-order valence-corrected chi connectivity index (χ0v) is 9.90. The minimum atomic E-state index is -0.581. The first-order valence-electron chi connectivity index (χ1n) is 5.25. The van der Waals surface area contributed by atoms with Gasteiger partial charge in [0.15, 0.2) is 6.79 Å². The Morgan fingerprint density at radius 1 is 1.38 bits per heavy atom. The van der Waals surface area contributed by atoms with Gasteiger partial charge in [-0.2, -0.15) is 0 Å². The van der Waals surface area contributed by atoms with Crippen molar-refractivity contribution in [2.24, 2.45) is 0 Å². The second kappa shape index (κ2) is 6.35. The first kappa shape index (κ1) is 12.8. The van der Waals surface area contributed by atoms with E-state index in [0.29, 0.717) is 18.1 Å². The molecule has 90 valence electrons. The van der Waals surface area contributed by atoms with E-state index in [0.717, 1.165) is 5.56 Å². The second-order valence-corrected chi connectivity index (χ2v) is 3.33. The highest BCUT2D eigenvalue weighted by Crippen LogP contribution is 2.29. The highest BCUT2D eigenvalue weighted by atomic mass is 16.7. The van der Waals surface area contributed by atoms with Crippen LogP contribution in [-0.2, 0) is 4.74 Å². The van der Waals surface area contributed by atoms with E-state index >= 15 is 0 Å². The Kier molecular flexibility index (Phi) is 5.08. The molecule has 0 bridgehead atoms. The molecule has 0 aromatic heterocycles. The first-order valence-corrected chi connectivity index (χ1v) is 5.25. The van der Waals surface area contributed by atoms with E-state index in [9.17, 15) is 5.11 Å². The third-order valence-corrected chi connectivity index (χ3v) is 2.17. The molecule has 1 rings (SSSR count). The van der Waals surface area contributed by atoms with Crippen molar-refractivity contribution in [3.8, 4) is 11.5 Å². The summed E-state index contributed by atoms with van der Waals surface area (Å²) in [5.74, 6) is 1.28. The molecule has 1 unspecified atom stereocenters. The lowest BCUT2D eigenvalue weighted by molar-refractivity contribution is 0.0203. The second-order valence-electron chi connectivity index (χ2n) is 3.33. The standard InChI is InChI=1S/C12H18O4/c1-4-15-8-16-12-7-10(14-3)5-6-11(12)9(2)13/h5-7,9,13H,4,8H2,1-3H3. The molecule has 16 heavy (non-hydrogen) atoms. The number of methoxy groups -OCH3 is 1. The van der Waals surface area contributed by atoms with Gasteiger partial charge >= 0.3 is 0 Å². The largest absolute Gasteiger partial charge is 0.497 e. The van der Waals surface area contributed by atoms with E-state index in [1.54, 1.807) is 32.2 Å². The van der Waals surface area contributed by atoms with Crippen molar-refractivity contribution in [2.75, 3.05) is 20.5 Å². The molecule has 0 aliphatic carbocycles. The Balaban J connectivity index is 2.83. The molecule has 0 aliphatic heterocycles. The number of ether oxygens (including phenoxy) is 3. The van der Waals surface area contributed by atoms with Crippen LogP contribution in [0.5, 0.6) is 11.5 Å². The summed E-state index contributed by atoms with van der Waals surface area (Å²) in [4.78, 5) is 0. The maximum atomic E-state index is 9.56. The Morgan fingerprint density at radius 3 is 2.69 bits per heavy atom. The maximum absolute atomic E-state index is 9.56. The van der Waals surface area contributed by atoms with Gasteiger partial charge in [0.05, 0.1) is 13.2 Å². The van der Waals surface area contributed by atoms with E-state index < -0.39 is 6.10 Å². The fourth-order valence-corrected chi connectivity index (χ4v) is 1.30. The predicted octanol–water partition coefficient (Wildman–Crippen LogP) is 2.12. The lowest BCUT2D eigenvalue weighted by Crippen LogP contribution is -2.05. The highest BCUT2D eigenvalue weighted by Gasteiger charge is 2.10. The molecule has 0 saturated heterocycles. The van der Waals surface area contributed by atoms with Gasteiger partial charge in [0.2, 0.25) is 0 Å². The summed E-state index contributed by atoms with van der Waals surface area (Å²) in [6.07, 6.45) is -0.581. The third kappa shape index (κ3) is 3.40. The predicted molar refractivity (Wildman–Crippen MR) is 60.7 cm³/mol. The van der Waals surface area contributed by atoms with Crippen LogP contribution in [0.25, 0.3) is 0 Å². The van der Waals surface area contributed by atoms with Crippen molar-refractivity contribution < 1.29 is 19.3 Å². The minimum absolute atomic E-state index is 0.170. The summed E-state index contributed by atoms with van der Waals surface area (Å²) < 4.78 is 15.6. The number of benzene rings is 1. The third-order valence-electron chi connectivity index (χ3n) is 2.17. The molecule has 0 radical (unpaired) electrons. The average Bonchev–Trinajstić information content (AvgIpc) is 2.29. The monoisotopic (exact) mass is 226 g/mol. The van der Waals surface area contributed by atoms with Gasteiger partial charge in [0.25, 0.3) is 0 Å². The first-order chi connectivity index (χ1) is 7.69. The van der Waals surface area contributed by atoms with Crippen LogP contribution in [0.1, 0.15) is 25.5 Å². The highest BCUT2D eigenvalue weighted by molar-refractivity contribution is 5.41. The molecule has 0 heterocycles. The van der Waals surface area contributed by atoms with Gasteiger partial charge in [0.1, 0.15) is 11.5 Å². The van der Waals surface area contributed by atoms with Crippen molar-refractivity contribution in [3.63, 3.8) is 0 Å². The molecule has 0 aliphatic rings. The quantitative estimate of drug-likeness (QED) is 0.596. The maximum Gasteiger partial charge on any atom is 0.189 e. The normalized spacial score (nSPS) is 12.2. The molecular weight excluding hydrogens is 208 g/mol. The molecular formula is C12H18O4. The number of rotatable bonds is 6.